The molecule has 0 aliphatic carbocycles. The van der Waals surface area contributed by atoms with Gasteiger partial charge in [0.2, 0.25) is 0 Å². The lowest BCUT2D eigenvalue weighted by molar-refractivity contribution is -0.134. The van der Waals surface area contributed by atoms with Gasteiger partial charge in [-0.15, -0.1) is 0 Å². The molecule has 0 aromatic carbocycles. The van der Waals surface area contributed by atoms with E-state index in [1.807, 2.05) is 6.92 Å². The minimum atomic E-state index is -0.268. The number of hydrogen-bond donors (Lipinski definition) is 1. The van der Waals surface area contributed by atoms with Gasteiger partial charge in [-0.1, -0.05) is 13.8 Å². The van der Waals surface area contributed by atoms with Crippen LogP contribution in [0.5, 0.6) is 0 Å². The Bertz CT molecular complexity index is 130. The zero-order valence-electron chi connectivity index (χ0n) is 7.68. The van der Waals surface area contributed by atoms with Crippen LogP contribution in [0.1, 0.15) is 33.6 Å². The Balaban J connectivity index is 2.48. The molecule has 1 heterocycles. The summed E-state index contributed by atoms with van der Waals surface area (Å²) in [7, 11) is 0. The third-order valence-corrected chi connectivity index (χ3v) is 2.48. The molecule has 2 heteroatoms. The average molecular weight is 158 g/mol. The van der Waals surface area contributed by atoms with Gasteiger partial charge >= 0.3 is 0 Å². The van der Waals surface area contributed by atoms with E-state index in [0.29, 0.717) is 5.41 Å². The van der Waals surface area contributed by atoms with Gasteiger partial charge < -0.3 is 9.84 Å². The SMILES string of the molecule is CC1(C)CCC(C)(CO)OC1. The molecule has 0 saturated carbocycles. The van der Waals surface area contributed by atoms with Gasteiger partial charge in [-0.05, 0) is 25.2 Å². The molecule has 1 N–H and O–H groups in total. The highest BCUT2D eigenvalue weighted by atomic mass is 16.5. The Labute approximate surface area is 68.6 Å². The molecule has 0 aromatic heterocycles. The molecule has 1 saturated heterocycles. The summed E-state index contributed by atoms with van der Waals surface area (Å²) < 4.78 is 5.58. The summed E-state index contributed by atoms with van der Waals surface area (Å²) in [6, 6.07) is 0. The maximum Gasteiger partial charge on any atom is 0.0884 e. The van der Waals surface area contributed by atoms with Crippen LogP contribution in [0.15, 0.2) is 0 Å². The number of hydrogen-bond acceptors (Lipinski definition) is 2. The van der Waals surface area contributed by atoms with Crippen LogP contribution >= 0.6 is 0 Å². The first-order chi connectivity index (χ1) is 4.97. The summed E-state index contributed by atoms with van der Waals surface area (Å²) in [5.41, 5.74) is 0.0319. The van der Waals surface area contributed by atoms with Crippen LogP contribution in [0.4, 0.5) is 0 Å². The first-order valence-corrected chi connectivity index (χ1v) is 4.22. The third kappa shape index (κ3) is 2.17. The Hall–Kier alpha value is -0.0800. The van der Waals surface area contributed by atoms with E-state index in [0.717, 1.165) is 19.4 Å². The van der Waals surface area contributed by atoms with Crippen LogP contribution in [0.25, 0.3) is 0 Å². The maximum absolute atomic E-state index is 9.00. The maximum atomic E-state index is 9.00. The fourth-order valence-electron chi connectivity index (χ4n) is 1.24. The van der Waals surface area contributed by atoms with Crippen LogP contribution in [0, 0.1) is 5.41 Å². The molecule has 1 aliphatic heterocycles. The standard InChI is InChI=1S/C9H18O2/c1-8(2)4-5-9(3,6-10)11-7-8/h10H,4-7H2,1-3H3. The fourth-order valence-corrected chi connectivity index (χ4v) is 1.24. The van der Waals surface area contributed by atoms with Crippen molar-refractivity contribution in [1.29, 1.82) is 0 Å². The Kier molecular flexibility index (Phi) is 2.26. The Morgan fingerprint density at radius 3 is 2.27 bits per heavy atom. The lowest BCUT2D eigenvalue weighted by atomic mass is 9.81. The van der Waals surface area contributed by atoms with Gasteiger partial charge in [0.1, 0.15) is 0 Å². The molecular weight excluding hydrogens is 140 g/mol. The molecule has 1 rings (SSSR count). The summed E-state index contributed by atoms with van der Waals surface area (Å²) in [6.45, 7) is 7.28. The smallest absolute Gasteiger partial charge is 0.0884 e. The molecule has 1 aliphatic rings. The zero-order chi connectivity index (χ0) is 8.54. The molecule has 66 valence electrons. The first-order valence-electron chi connectivity index (χ1n) is 4.22. The molecule has 1 atom stereocenters. The minimum absolute atomic E-state index is 0.142. The molecular formula is C9H18O2. The first kappa shape index (κ1) is 9.01. The minimum Gasteiger partial charge on any atom is -0.393 e. The van der Waals surface area contributed by atoms with Crippen molar-refractivity contribution in [2.45, 2.75) is 39.2 Å². The lowest BCUT2D eigenvalue weighted by Gasteiger charge is -2.40. The van der Waals surface area contributed by atoms with Crippen molar-refractivity contribution in [2.75, 3.05) is 13.2 Å². The summed E-state index contributed by atoms with van der Waals surface area (Å²) in [5, 5.41) is 9.00. The fraction of sp³-hybridized carbons (Fsp3) is 1.00. The normalized spacial score (nSPS) is 37.1. The van der Waals surface area contributed by atoms with E-state index >= 15 is 0 Å². The van der Waals surface area contributed by atoms with E-state index in [2.05, 4.69) is 13.8 Å². The molecule has 2 nitrogen and oxygen atoms in total. The average Bonchev–Trinajstić information content (AvgIpc) is 1.97. The largest absolute Gasteiger partial charge is 0.393 e. The van der Waals surface area contributed by atoms with E-state index in [1.54, 1.807) is 0 Å². The number of rotatable bonds is 1. The van der Waals surface area contributed by atoms with Gasteiger partial charge in [0.05, 0.1) is 18.8 Å². The predicted molar refractivity (Wildman–Crippen MR) is 44.5 cm³/mol. The summed E-state index contributed by atoms with van der Waals surface area (Å²) in [6.07, 6.45) is 2.11. The van der Waals surface area contributed by atoms with E-state index in [9.17, 15) is 0 Å². The highest BCUT2D eigenvalue weighted by Crippen LogP contribution is 2.34. The van der Waals surface area contributed by atoms with E-state index in [4.69, 9.17) is 9.84 Å². The van der Waals surface area contributed by atoms with E-state index in [1.165, 1.54) is 0 Å². The van der Waals surface area contributed by atoms with E-state index in [-0.39, 0.29) is 12.2 Å². The molecule has 0 amide bonds. The van der Waals surface area contributed by atoms with Crippen LogP contribution in [0.2, 0.25) is 0 Å². The van der Waals surface area contributed by atoms with Crippen molar-refractivity contribution in [1.82, 2.24) is 0 Å². The highest BCUT2D eigenvalue weighted by molar-refractivity contribution is 4.84. The molecule has 0 bridgehead atoms. The third-order valence-electron chi connectivity index (χ3n) is 2.48. The molecule has 0 radical (unpaired) electrons. The predicted octanol–water partition coefficient (Wildman–Crippen LogP) is 1.57. The van der Waals surface area contributed by atoms with Gasteiger partial charge in [0.25, 0.3) is 0 Å². The van der Waals surface area contributed by atoms with Gasteiger partial charge in [-0.3, -0.25) is 0 Å². The van der Waals surface area contributed by atoms with Crippen LogP contribution < -0.4 is 0 Å². The van der Waals surface area contributed by atoms with Crippen molar-refractivity contribution < 1.29 is 9.84 Å². The van der Waals surface area contributed by atoms with Gasteiger partial charge in [-0.25, -0.2) is 0 Å². The van der Waals surface area contributed by atoms with Gasteiger partial charge in [0.15, 0.2) is 0 Å². The molecule has 0 spiro atoms. The van der Waals surface area contributed by atoms with Crippen molar-refractivity contribution >= 4 is 0 Å². The number of aliphatic hydroxyl groups is 1. The molecule has 1 fully saturated rings. The second kappa shape index (κ2) is 2.76. The topological polar surface area (TPSA) is 29.5 Å². The monoisotopic (exact) mass is 158 g/mol. The second-order valence-electron chi connectivity index (χ2n) is 4.56. The summed E-state index contributed by atoms with van der Waals surface area (Å²) in [5.74, 6) is 0. The van der Waals surface area contributed by atoms with Gasteiger partial charge in [0, 0.05) is 0 Å². The molecule has 0 aromatic rings. The Morgan fingerprint density at radius 1 is 1.27 bits per heavy atom. The molecule has 11 heavy (non-hydrogen) atoms. The van der Waals surface area contributed by atoms with E-state index < -0.39 is 0 Å². The van der Waals surface area contributed by atoms with Crippen LogP contribution in [0.3, 0.4) is 0 Å². The zero-order valence-corrected chi connectivity index (χ0v) is 7.68. The van der Waals surface area contributed by atoms with Crippen molar-refractivity contribution in [2.24, 2.45) is 5.41 Å². The van der Waals surface area contributed by atoms with Crippen molar-refractivity contribution in [3.05, 3.63) is 0 Å². The van der Waals surface area contributed by atoms with Gasteiger partial charge in [-0.2, -0.15) is 0 Å². The second-order valence-corrected chi connectivity index (χ2v) is 4.56. The van der Waals surface area contributed by atoms with Crippen LogP contribution in [-0.4, -0.2) is 23.9 Å². The highest BCUT2D eigenvalue weighted by Gasteiger charge is 2.34. The lowest BCUT2D eigenvalue weighted by Crippen LogP contribution is -2.42. The summed E-state index contributed by atoms with van der Waals surface area (Å²) in [4.78, 5) is 0. The quantitative estimate of drug-likeness (QED) is 0.627. The molecule has 1 unspecified atom stereocenters. The summed E-state index contributed by atoms with van der Waals surface area (Å²) >= 11 is 0. The number of aliphatic hydroxyl groups excluding tert-OH is 1. The van der Waals surface area contributed by atoms with Crippen molar-refractivity contribution in [3.63, 3.8) is 0 Å². The number of ether oxygens (including phenoxy) is 1. The van der Waals surface area contributed by atoms with Crippen molar-refractivity contribution in [3.8, 4) is 0 Å². The van der Waals surface area contributed by atoms with Crippen LogP contribution in [-0.2, 0) is 4.74 Å². The Morgan fingerprint density at radius 2 is 1.91 bits per heavy atom.